The fraction of sp³-hybridized carbons (Fsp3) is 0.368. The Hall–Kier alpha value is -2.61. The van der Waals surface area contributed by atoms with Crippen molar-refractivity contribution in [2.24, 2.45) is 0 Å². The van der Waals surface area contributed by atoms with Crippen LogP contribution >= 0.6 is 11.8 Å². The molecule has 1 amide bonds. The highest BCUT2D eigenvalue weighted by molar-refractivity contribution is 7.99. The quantitative estimate of drug-likeness (QED) is 0.626. The largest absolute Gasteiger partial charge is 0.472 e. The number of nitrogens with zero attached hydrogens (tertiary/aromatic N) is 4. The summed E-state index contributed by atoms with van der Waals surface area (Å²) in [6.45, 7) is 5.00. The van der Waals surface area contributed by atoms with Crippen molar-refractivity contribution < 1.29 is 13.9 Å². The number of para-hydroxylation sites is 2. The molecule has 3 heterocycles. The number of aromatic nitrogens is 3. The average Bonchev–Trinajstić information content (AvgIpc) is 3.25. The zero-order valence-corrected chi connectivity index (χ0v) is 16.0. The Morgan fingerprint density at radius 3 is 2.96 bits per heavy atom. The second-order valence-corrected chi connectivity index (χ2v) is 7.43. The van der Waals surface area contributed by atoms with Gasteiger partial charge in [0.2, 0.25) is 11.8 Å². The normalized spacial score (nSPS) is 16.8. The molecule has 0 N–H and O–H groups in total. The molecule has 7 nitrogen and oxygen atoms in total. The van der Waals surface area contributed by atoms with Crippen molar-refractivity contribution in [3.63, 3.8) is 0 Å². The molecule has 0 radical (unpaired) electrons. The number of amides is 1. The van der Waals surface area contributed by atoms with E-state index < -0.39 is 0 Å². The fourth-order valence-corrected chi connectivity index (χ4v) is 3.83. The van der Waals surface area contributed by atoms with Crippen LogP contribution in [0.1, 0.15) is 17.9 Å². The summed E-state index contributed by atoms with van der Waals surface area (Å²) in [5, 5.41) is 0.517. The molecule has 1 aliphatic rings. The summed E-state index contributed by atoms with van der Waals surface area (Å²) in [4.78, 5) is 27.3. The SMILES string of the molecule is Cc1cc(OC2CCN(C(=O)CSc3nc4ccccc4o3)C2)nc(C)n1. The van der Waals surface area contributed by atoms with Crippen molar-refractivity contribution in [3.8, 4) is 5.88 Å². The maximum atomic E-state index is 12.5. The lowest BCUT2D eigenvalue weighted by Gasteiger charge is -2.16. The zero-order valence-electron chi connectivity index (χ0n) is 15.2. The fourth-order valence-electron chi connectivity index (χ4n) is 3.09. The third kappa shape index (κ3) is 4.21. The van der Waals surface area contributed by atoms with Gasteiger partial charge in [-0.05, 0) is 26.0 Å². The molecule has 1 atom stereocenters. The molecular weight excluding hydrogens is 364 g/mol. The lowest BCUT2D eigenvalue weighted by atomic mass is 10.3. The van der Waals surface area contributed by atoms with E-state index in [9.17, 15) is 4.79 Å². The van der Waals surface area contributed by atoms with Gasteiger partial charge in [0.25, 0.3) is 5.22 Å². The molecule has 0 aliphatic carbocycles. The van der Waals surface area contributed by atoms with E-state index in [1.54, 1.807) is 0 Å². The van der Waals surface area contributed by atoms with E-state index >= 15 is 0 Å². The van der Waals surface area contributed by atoms with Gasteiger partial charge >= 0.3 is 0 Å². The minimum absolute atomic E-state index is 0.0445. The molecule has 140 valence electrons. The second kappa shape index (κ2) is 7.56. The van der Waals surface area contributed by atoms with Gasteiger partial charge < -0.3 is 14.1 Å². The van der Waals surface area contributed by atoms with Gasteiger partial charge in [-0.25, -0.2) is 9.97 Å². The highest BCUT2D eigenvalue weighted by Crippen LogP contribution is 2.24. The second-order valence-electron chi connectivity index (χ2n) is 6.50. The molecule has 0 bridgehead atoms. The number of ether oxygens (including phenoxy) is 1. The Labute approximate surface area is 161 Å². The van der Waals surface area contributed by atoms with Gasteiger partial charge in [0, 0.05) is 24.7 Å². The standard InChI is InChI=1S/C19H20N4O3S/c1-12-9-17(21-13(2)20-12)25-14-7-8-23(10-14)18(24)11-27-19-22-15-5-3-4-6-16(15)26-19/h3-6,9,14H,7-8,10-11H2,1-2H3. The number of carbonyl (C=O) groups excluding carboxylic acids is 1. The number of rotatable bonds is 5. The molecule has 1 aliphatic heterocycles. The van der Waals surface area contributed by atoms with Gasteiger partial charge in [0.1, 0.15) is 17.4 Å². The highest BCUT2D eigenvalue weighted by Gasteiger charge is 2.28. The van der Waals surface area contributed by atoms with Crippen molar-refractivity contribution in [2.75, 3.05) is 18.8 Å². The van der Waals surface area contributed by atoms with Crippen molar-refractivity contribution in [3.05, 3.63) is 41.9 Å². The molecule has 27 heavy (non-hydrogen) atoms. The minimum Gasteiger partial charge on any atom is -0.472 e. The molecule has 3 aromatic rings. The van der Waals surface area contributed by atoms with Crippen molar-refractivity contribution in [2.45, 2.75) is 31.6 Å². The van der Waals surface area contributed by atoms with E-state index in [0.29, 0.717) is 35.8 Å². The molecule has 1 aromatic carbocycles. The van der Waals surface area contributed by atoms with Crippen LogP contribution in [-0.2, 0) is 4.79 Å². The number of aryl methyl sites for hydroxylation is 2. The lowest BCUT2D eigenvalue weighted by molar-refractivity contribution is -0.127. The Morgan fingerprint density at radius 1 is 1.30 bits per heavy atom. The van der Waals surface area contributed by atoms with E-state index in [4.69, 9.17) is 9.15 Å². The number of hydrogen-bond donors (Lipinski definition) is 0. The van der Waals surface area contributed by atoms with Crippen LogP contribution in [0.15, 0.2) is 40.0 Å². The zero-order chi connectivity index (χ0) is 18.8. The number of benzene rings is 1. The number of likely N-dealkylation sites (tertiary alicyclic amines) is 1. The molecule has 8 heteroatoms. The van der Waals surface area contributed by atoms with Gasteiger partial charge in [-0.1, -0.05) is 23.9 Å². The maximum absolute atomic E-state index is 12.5. The number of thioether (sulfide) groups is 1. The Bertz CT molecular complexity index is 921. The van der Waals surface area contributed by atoms with Crippen molar-refractivity contribution in [1.82, 2.24) is 19.9 Å². The van der Waals surface area contributed by atoms with Gasteiger partial charge in [-0.2, -0.15) is 4.98 Å². The van der Waals surface area contributed by atoms with E-state index in [1.165, 1.54) is 11.8 Å². The van der Waals surface area contributed by atoms with Gasteiger partial charge in [0.15, 0.2) is 5.58 Å². The van der Waals surface area contributed by atoms with Crippen LogP contribution in [0.25, 0.3) is 11.1 Å². The summed E-state index contributed by atoms with van der Waals surface area (Å²) in [6, 6.07) is 9.39. The summed E-state index contributed by atoms with van der Waals surface area (Å²) >= 11 is 1.32. The summed E-state index contributed by atoms with van der Waals surface area (Å²) in [7, 11) is 0. The molecule has 0 saturated carbocycles. The molecule has 4 rings (SSSR count). The minimum atomic E-state index is -0.0445. The maximum Gasteiger partial charge on any atom is 0.257 e. The number of fused-ring (bicyclic) bond motifs is 1. The molecule has 1 unspecified atom stereocenters. The van der Waals surface area contributed by atoms with Gasteiger partial charge in [-0.3, -0.25) is 4.79 Å². The summed E-state index contributed by atoms with van der Waals surface area (Å²) in [6.07, 6.45) is 0.749. The average molecular weight is 384 g/mol. The third-order valence-corrected chi connectivity index (χ3v) is 5.13. The van der Waals surface area contributed by atoms with E-state index in [-0.39, 0.29) is 12.0 Å². The van der Waals surface area contributed by atoms with Crippen LogP contribution in [0.4, 0.5) is 0 Å². The first-order valence-corrected chi connectivity index (χ1v) is 9.80. The first-order chi connectivity index (χ1) is 13.1. The van der Waals surface area contributed by atoms with Crippen molar-refractivity contribution in [1.29, 1.82) is 0 Å². The smallest absolute Gasteiger partial charge is 0.257 e. The Morgan fingerprint density at radius 2 is 2.15 bits per heavy atom. The van der Waals surface area contributed by atoms with Crippen LogP contribution in [0.3, 0.4) is 0 Å². The molecular formula is C19H20N4O3S. The van der Waals surface area contributed by atoms with Crippen LogP contribution < -0.4 is 4.74 Å². The highest BCUT2D eigenvalue weighted by atomic mass is 32.2. The van der Waals surface area contributed by atoms with E-state index in [1.807, 2.05) is 49.1 Å². The summed E-state index contributed by atoms with van der Waals surface area (Å²) in [5.41, 5.74) is 2.41. The van der Waals surface area contributed by atoms with E-state index in [2.05, 4.69) is 15.0 Å². The van der Waals surface area contributed by atoms with Crippen LogP contribution in [0.5, 0.6) is 5.88 Å². The summed E-state index contributed by atoms with van der Waals surface area (Å²) < 4.78 is 11.6. The third-order valence-electron chi connectivity index (χ3n) is 4.32. The first kappa shape index (κ1) is 17.8. The number of oxazole rings is 1. The molecule has 1 fully saturated rings. The lowest BCUT2D eigenvalue weighted by Crippen LogP contribution is -2.32. The molecule has 0 spiro atoms. The van der Waals surface area contributed by atoms with Crippen molar-refractivity contribution >= 4 is 28.8 Å². The number of carbonyl (C=O) groups is 1. The summed E-state index contributed by atoms with van der Waals surface area (Å²) in [5.74, 6) is 1.61. The predicted octanol–water partition coefficient (Wildman–Crippen LogP) is 3.01. The Kier molecular flexibility index (Phi) is 4.98. The van der Waals surface area contributed by atoms with E-state index in [0.717, 1.165) is 23.2 Å². The van der Waals surface area contributed by atoms with Crippen LogP contribution in [0, 0.1) is 13.8 Å². The first-order valence-electron chi connectivity index (χ1n) is 8.82. The molecule has 2 aromatic heterocycles. The molecule has 1 saturated heterocycles. The Balaban J connectivity index is 1.31. The topological polar surface area (TPSA) is 81.4 Å². The van der Waals surface area contributed by atoms with Crippen LogP contribution in [0.2, 0.25) is 0 Å². The predicted molar refractivity (Wildman–Crippen MR) is 102 cm³/mol. The van der Waals surface area contributed by atoms with Crippen LogP contribution in [-0.4, -0.2) is 50.7 Å². The number of hydrogen-bond acceptors (Lipinski definition) is 7. The van der Waals surface area contributed by atoms with Gasteiger partial charge in [0.05, 0.1) is 12.3 Å². The monoisotopic (exact) mass is 384 g/mol. The van der Waals surface area contributed by atoms with Gasteiger partial charge in [-0.15, -0.1) is 0 Å².